The molecule has 0 spiro atoms. The smallest absolute Gasteiger partial charge is 0.275 e. The van der Waals surface area contributed by atoms with E-state index in [9.17, 15) is 4.79 Å². The lowest BCUT2D eigenvalue weighted by molar-refractivity contribution is 0.356. The SMILES string of the molecule is COc1ccc2ncc(=O)n(-c3cnc4c(c3)OCC=C4)c2n1. The van der Waals surface area contributed by atoms with Gasteiger partial charge in [-0.1, -0.05) is 0 Å². The quantitative estimate of drug-likeness (QED) is 0.715. The van der Waals surface area contributed by atoms with Crippen molar-refractivity contribution in [2.75, 3.05) is 13.7 Å². The van der Waals surface area contributed by atoms with Crippen LogP contribution in [0.2, 0.25) is 0 Å². The molecule has 3 aromatic heterocycles. The number of rotatable bonds is 2. The van der Waals surface area contributed by atoms with Crippen molar-refractivity contribution in [3.8, 4) is 17.3 Å². The van der Waals surface area contributed by atoms with Crippen LogP contribution in [0.25, 0.3) is 22.9 Å². The summed E-state index contributed by atoms with van der Waals surface area (Å²) in [5, 5.41) is 0. The molecule has 0 saturated heterocycles. The van der Waals surface area contributed by atoms with E-state index in [0.29, 0.717) is 35.1 Å². The first kappa shape index (κ1) is 13.4. The topological polar surface area (TPSA) is 79.1 Å². The molecule has 0 N–H and O–H groups in total. The third kappa shape index (κ3) is 2.22. The molecule has 0 fully saturated rings. The summed E-state index contributed by atoms with van der Waals surface area (Å²) in [6, 6.07) is 5.22. The highest BCUT2D eigenvalue weighted by molar-refractivity contribution is 5.73. The van der Waals surface area contributed by atoms with Gasteiger partial charge in [0.1, 0.15) is 23.6 Å². The van der Waals surface area contributed by atoms with Gasteiger partial charge in [0, 0.05) is 12.1 Å². The first-order valence-electron chi connectivity index (χ1n) is 6.99. The molecular formula is C16H12N4O3. The summed E-state index contributed by atoms with van der Waals surface area (Å²) in [4.78, 5) is 25.1. The summed E-state index contributed by atoms with van der Waals surface area (Å²) in [5.74, 6) is 1.04. The Hall–Kier alpha value is -3.22. The molecule has 3 aromatic rings. The monoisotopic (exact) mass is 308 g/mol. The molecule has 4 rings (SSSR count). The van der Waals surface area contributed by atoms with Crippen LogP contribution in [0.4, 0.5) is 0 Å². The molecule has 1 aliphatic heterocycles. The number of fused-ring (bicyclic) bond motifs is 2. The van der Waals surface area contributed by atoms with Gasteiger partial charge in [0.05, 0.1) is 25.2 Å². The Kier molecular flexibility index (Phi) is 3.04. The molecule has 4 heterocycles. The Morgan fingerprint density at radius 1 is 1.26 bits per heavy atom. The van der Waals surface area contributed by atoms with E-state index in [1.807, 2.05) is 12.2 Å². The normalized spacial score (nSPS) is 12.7. The summed E-state index contributed by atoms with van der Waals surface area (Å²) in [5.41, 5.74) is 1.99. The van der Waals surface area contributed by atoms with E-state index in [4.69, 9.17) is 9.47 Å². The molecule has 0 saturated carbocycles. The zero-order valence-corrected chi connectivity index (χ0v) is 12.3. The van der Waals surface area contributed by atoms with Crippen molar-refractivity contribution >= 4 is 17.2 Å². The zero-order chi connectivity index (χ0) is 15.8. The van der Waals surface area contributed by atoms with Crippen LogP contribution in [0.5, 0.6) is 11.6 Å². The molecule has 0 radical (unpaired) electrons. The second-order valence-electron chi connectivity index (χ2n) is 4.92. The molecule has 0 atom stereocenters. The lowest BCUT2D eigenvalue weighted by atomic mass is 10.2. The minimum Gasteiger partial charge on any atom is -0.487 e. The fraction of sp³-hybridized carbons (Fsp3) is 0.125. The van der Waals surface area contributed by atoms with Gasteiger partial charge >= 0.3 is 0 Å². The lowest BCUT2D eigenvalue weighted by Crippen LogP contribution is -2.20. The maximum Gasteiger partial charge on any atom is 0.275 e. The fourth-order valence-corrected chi connectivity index (χ4v) is 2.44. The van der Waals surface area contributed by atoms with Gasteiger partial charge in [-0.15, -0.1) is 0 Å². The third-order valence-corrected chi connectivity index (χ3v) is 3.52. The van der Waals surface area contributed by atoms with E-state index in [0.717, 1.165) is 5.69 Å². The standard InChI is InChI=1S/C16H12N4O3/c1-22-14-5-4-12-16(19-14)20(15(21)9-18-12)10-7-13-11(17-8-10)3-2-6-23-13/h2-5,7-9H,6H2,1H3. The van der Waals surface area contributed by atoms with Crippen molar-refractivity contribution in [2.45, 2.75) is 0 Å². The number of pyridine rings is 2. The van der Waals surface area contributed by atoms with Gasteiger partial charge in [-0.25, -0.2) is 4.98 Å². The minimum absolute atomic E-state index is 0.300. The van der Waals surface area contributed by atoms with E-state index in [-0.39, 0.29) is 5.56 Å². The van der Waals surface area contributed by atoms with Crippen molar-refractivity contribution < 1.29 is 9.47 Å². The molecule has 0 aliphatic carbocycles. The highest BCUT2D eigenvalue weighted by atomic mass is 16.5. The van der Waals surface area contributed by atoms with Crippen LogP contribution in [0, 0.1) is 0 Å². The largest absolute Gasteiger partial charge is 0.487 e. The van der Waals surface area contributed by atoms with Gasteiger partial charge in [0.25, 0.3) is 5.56 Å². The van der Waals surface area contributed by atoms with Gasteiger partial charge in [-0.05, 0) is 18.2 Å². The van der Waals surface area contributed by atoms with Crippen molar-refractivity contribution in [1.29, 1.82) is 0 Å². The average molecular weight is 308 g/mol. The van der Waals surface area contributed by atoms with Crippen molar-refractivity contribution in [2.24, 2.45) is 0 Å². The summed E-state index contributed by atoms with van der Waals surface area (Å²) in [7, 11) is 1.52. The number of hydrogen-bond acceptors (Lipinski definition) is 6. The fourth-order valence-electron chi connectivity index (χ4n) is 2.44. The van der Waals surface area contributed by atoms with E-state index >= 15 is 0 Å². The van der Waals surface area contributed by atoms with Gasteiger partial charge in [-0.2, -0.15) is 4.98 Å². The number of ether oxygens (including phenoxy) is 2. The van der Waals surface area contributed by atoms with Crippen LogP contribution in [0.1, 0.15) is 5.69 Å². The Morgan fingerprint density at radius 2 is 2.17 bits per heavy atom. The van der Waals surface area contributed by atoms with E-state index < -0.39 is 0 Å². The predicted octanol–water partition coefficient (Wildman–Crippen LogP) is 1.59. The average Bonchev–Trinajstić information content (AvgIpc) is 2.60. The number of methoxy groups -OCH3 is 1. The molecule has 1 aliphatic rings. The molecule has 0 amide bonds. The van der Waals surface area contributed by atoms with Crippen LogP contribution >= 0.6 is 0 Å². The molecule has 7 nitrogen and oxygen atoms in total. The first-order valence-corrected chi connectivity index (χ1v) is 6.99. The molecule has 7 heteroatoms. The van der Waals surface area contributed by atoms with Crippen molar-refractivity contribution in [1.82, 2.24) is 19.5 Å². The van der Waals surface area contributed by atoms with Crippen molar-refractivity contribution in [3.05, 3.63) is 52.7 Å². The summed E-state index contributed by atoms with van der Waals surface area (Å²) in [6.45, 7) is 0.482. The van der Waals surface area contributed by atoms with E-state index in [2.05, 4.69) is 15.0 Å². The zero-order valence-electron chi connectivity index (χ0n) is 12.3. The second kappa shape index (κ2) is 5.20. The van der Waals surface area contributed by atoms with Crippen LogP contribution < -0.4 is 15.0 Å². The highest BCUT2D eigenvalue weighted by Crippen LogP contribution is 2.25. The first-order chi connectivity index (χ1) is 11.3. The summed E-state index contributed by atoms with van der Waals surface area (Å²) in [6.07, 6.45) is 6.64. The Labute approximate surface area is 130 Å². The van der Waals surface area contributed by atoms with E-state index in [1.54, 1.807) is 24.4 Å². The van der Waals surface area contributed by atoms with Crippen LogP contribution in [0.15, 0.2) is 41.5 Å². The highest BCUT2D eigenvalue weighted by Gasteiger charge is 2.13. The van der Waals surface area contributed by atoms with Crippen LogP contribution in [-0.4, -0.2) is 33.2 Å². The minimum atomic E-state index is -0.300. The lowest BCUT2D eigenvalue weighted by Gasteiger charge is -2.14. The Morgan fingerprint density at radius 3 is 3.04 bits per heavy atom. The van der Waals surface area contributed by atoms with Gasteiger partial charge in [0.15, 0.2) is 5.65 Å². The number of hydrogen-bond donors (Lipinski definition) is 0. The third-order valence-electron chi connectivity index (χ3n) is 3.52. The second-order valence-corrected chi connectivity index (χ2v) is 4.92. The maximum atomic E-state index is 12.3. The van der Waals surface area contributed by atoms with Gasteiger partial charge in [-0.3, -0.25) is 14.3 Å². The Balaban J connectivity index is 1.99. The molecule has 0 bridgehead atoms. The number of aromatic nitrogens is 4. The molecule has 23 heavy (non-hydrogen) atoms. The predicted molar refractivity (Wildman–Crippen MR) is 84.0 cm³/mol. The summed E-state index contributed by atoms with van der Waals surface area (Å²) < 4.78 is 12.1. The van der Waals surface area contributed by atoms with Gasteiger partial charge in [0.2, 0.25) is 5.88 Å². The van der Waals surface area contributed by atoms with Gasteiger partial charge < -0.3 is 9.47 Å². The van der Waals surface area contributed by atoms with E-state index in [1.165, 1.54) is 17.9 Å². The molecule has 0 unspecified atom stereocenters. The van der Waals surface area contributed by atoms with Crippen molar-refractivity contribution in [3.63, 3.8) is 0 Å². The molecular weight excluding hydrogens is 296 g/mol. The summed E-state index contributed by atoms with van der Waals surface area (Å²) >= 11 is 0. The Bertz CT molecular complexity index is 994. The maximum absolute atomic E-state index is 12.3. The van der Waals surface area contributed by atoms with Crippen LogP contribution in [-0.2, 0) is 0 Å². The molecule has 0 aromatic carbocycles. The number of nitrogens with zero attached hydrogens (tertiary/aromatic N) is 4. The molecule has 114 valence electrons. The van der Waals surface area contributed by atoms with Crippen LogP contribution in [0.3, 0.4) is 0 Å².